The van der Waals surface area contributed by atoms with Crippen LogP contribution in [-0.4, -0.2) is 28.8 Å². The number of benzene rings is 1. The van der Waals surface area contributed by atoms with Crippen molar-refractivity contribution in [1.82, 2.24) is 9.88 Å². The average Bonchev–Trinajstić information content (AvgIpc) is 3.40. The second kappa shape index (κ2) is 5.80. The summed E-state index contributed by atoms with van der Waals surface area (Å²) >= 11 is 0. The van der Waals surface area contributed by atoms with E-state index in [1.807, 2.05) is 24.4 Å². The third-order valence-electron chi connectivity index (χ3n) is 6.31. The average molecular weight is 336 g/mol. The first-order valence-corrected chi connectivity index (χ1v) is 9.53. The first-order chi connectivity index (χ1) is 12.2. The number of piperidine rings is 1. The molecule has 2 aliphatic carbocycles. The lowest BCUT2D eigenvalue weighted by atomic mass is 9.65. The second-order valence-corrected chi connectivity index (χ2v) is 7.98. The van der Waals surface area contributed by atoms with Gasteiger partial charge in [0.25, 0.3) is 0 Å². The minimum absolute atomic E-state index is 0.133. The van der Waals surface area contributed by atoms with Crippen molar-refractivity contribution in [3.63, 3.8) is 0 Å². The summed E-state index contributed by atoms with van der Waals surface area (Å²) in [5.41, 5.74) is 2.06. The molecule has 2 aromatic rings. The van der Waals surface area contributed by atoms with E-state index in [0.717, 1.165) is 62.5 Å². The summed E-state index contributed by atoms with van der Waals surface area (Å²) in [5, 5.41) is 0. The number of aryl methyl sites for hydroxylation is 1. The Morgan fingerprint density at radius 2 is 1.96 bits per heavy atom. The summed E-state index contributed by atoms with van der Waals surface area (Å²) in [6.07, 6.45) is 8.29. The van der Waals surface area contributed by atoms with Crippen LogP contribution >= 0.6 is 0 Å². The number of hydrogen-bond acceptors (Lipinski definition) is 4. The molecular formula is C21H24N2O2. The van der Waals surface area contributed by atoms with E-state index in [2.05, 4.69) is 16.0 Å². The normalized spacial score (nSPS) is 23.0. The van der Waals surface area contributed by atoms with Crippen LogP contribution in [0.15, 0.2) is 34.9 Å². The monoisotopic (exact) mass is 336 g/mol. The molecule has 5 rings (SSSR count). The van der Waals surface area contributed by atoms with E-state index >= 15 is 0 Å². The highest BCUT2D eigenvalue weighted by Gasteiger charge is 2.44. The fourth-order valence-electron chi connectivity index (χ4n) is 4.48. The van der Waals surface area contributed by atoms with Gasteiger partial charge < -0.3 is 4.42 Å². The Morgan fingerprint density at radius 3 is 2.76 bits per heavy atom. The smallest absolute Gasteiger partial charge is 0.197 e. The molecule has 1 saturated heterocycles. The number of carbonyl (C=O) groups is 1. The van der Waals surface area contributed by atoms with Gasteiger partial charge >= 0.3 is 0 Å². The van der Waals surface area contributed by atoms with Crippen LogP contribution in [0, 0.1) is 5.41 Å². The Bertz CT molecular complexity index is 798. The van der Waals surface area contributed by atoms with Gasteiger partial charge in [-0.2, -0.15) is 0 Å². The third kappa shape index (κ3) is 2.73. The molecular weight excluding hydrogens is 312 g/mol. The highest BCUT2D eigenvalue weighted by molar-refractivity contribution is 6.02. The summed E-state index contributed by atoms with van der Waals surface area (Å²) < 4.78 is 5.90. The molecule has 1 saturated carbocycles. The van der Waals surface area contributed by atoms with Crippen LogP contribution < -0.4 is 0 Å². The molecule has 0 radical (unpaired) electrons. The molecule has 2 heterocycles. The topological polar surface area (TPSA) is 46.3 Å². The fraction of sp³-hybridized carbons (Fsp3) is 0.524. The van der Waals surface area contributed by atoms with Crippen molar-refractivity contribution in [2.45, 2.75) is 51.0 Å². The first kappa shape index (κ1) is 15.3. The predicted molar refractivity (Wildman–Crippen MR) is 94.5 cm³/mol. The van der Waals surface area contributed by atoms with Gasteiger partial charge in [0, 0.05) is 16.9 Å². The van der Waals surface area contributed by atoms with Gasteiger partial charge in [-0.3, -0.25) is 9.69 Å². The number of fused-ring (bicyclic) bond motifs is 1. The van der Waals surface area contributed by atoms with Gasteiger partial charge in [-0.25, -0.2) is 4.98 Å². The van der Waals surface area contributed by atoms with E-state index in [9.17, 15) is 4.79 Å². The van der Waals surface area contributed by atoms with E-state index < -0.39 is 0 Å². The summed E-state index contributed by atoms with van der Waals surface area (Å²) in [6, 6.07) is 8.15. The molecule has 0 bridgehead atoms. The number of Topliss-reactive ketones (excluding diaryl/α,β-unsaturated/α-hetero) is 1. The van der Waals surface area contributed by atoms with Crippen molar-refractivity contribution in [2.75, 3.05) is 13.1 Å². The van der Waals surface area contributed by atoms with Crippen LogP contribution in [0.4, 0.5) is 0 Å². The first-order valence-electron chi connectivity index (χ1n) is 9.53. The molecule has 2 fully saturated rings. The van der Waals surface area contributed by atoms with Crippen LogP contribution in [-0.2, 0) is 13.0 Å². The number of ketones is 1. The number of hydrogen-bond donors (Lipinski definition) is 0. The maximum Gasteiger partial charge on any atom is 0.197 e. The Balaban J connectivity index is 1.25. The molecule has 25 heavy (non-hydrogen) atoms. The highest BCUT2D eigenvalue weighted by Crippen LogP contribution is 2.44. The zero-order valence-electron chi connectivity index (χ0n) is 14.5. The largest absolute Gasteiger partial charge is 0.444 e. The maximum absolute atomic E-state index is 13.1. The van der Waals surface area contributed by atoms with Gasteiger partial charge in [-0.15, -0.1) is 0 Å². The van der Waals surface area contributed by atoms with Gasteiger partial charge in [0.1, 0.15) is 5.76 Å². The van der Waals surface area contributed by atoms with Crippen LogP contribution in [0.25, 0.3) is 0 Å². The predicted octanol–water partition coefficient (Wildman–Crippen LogP) is 3.96. The zero-order chi connectivity index (χ0) is 16.9. The highest BCUT2D eigenvalue weighted by atomic mass is 16.4. The zero-order valence-corrected chi connectivity index (χ0v) is 14.5. The standard InChI is InChI=1S/C21H24N2O2/c24-19-18-4-2-1-3-15(18)7-8-21(19)9-11-23(12-10-21)14-17-13-22-20(25-17)16-5-6-16/h1-4,13,16H,5-12,14H2. The lowest BCUT2D eigenvalue weighted by Crippen LogP contribution is -2.46. The minimum atomic E-state index is -0.133. The van der Waals surface area contributed by atoms with E-state index in [-0.39, 0.29) is 5.41 Å². The molecule has 130 valence electrons. The molecule has 4 nitrogen and oxygen atoms in total. The molecule has 1 aromatic heterocycles. The number of nitrogens with zero attached hydrogens (tertiary/aromatic N) is 2. The van der Waals surface area contributed by atoms with Crippen molar-refractivity contribution in [3.05, 3.63) is 53.2 Å². The lowest BCUT2D eigenvalue weighted by Gasteiger charge is -2.43. The minimum Gasteiger partial charge on any atom is -0.444 e. The van der Waals surface area contributed by atoms with Crippen molar-refractivity contribution < 1.29 is 9.21 Å². The molecule has 0 N–H and O–H groups in total. The van der Waals surface area contributed by atoms with Gasteiger partial charge in [0.2, 0.25) is 0 Å². The summed E-state index contributed by atoms with van der Waals surface area (Å²) in [5.74, 6) is 2.84. The quantitative estimate of drug-likeness (QED) is 0.851. The van der Waals surface area contributed by atoms with Crippen molar-refractivity contribution in [3.8, 4) is 0 Å². The van der Waals surface area contributed by atoms with Gasteiger partial charge in [0.15, 0.2) is 11.7 Å². The van der Waals surface area contributed by atoms with E-state index in [1.54, 1.807) is 0 Å². The Labute approximate surface area is 148 Å². The van der Waals surface area contributed by atoms with E-state index in [4.69, 9.17) is 4.42 Å². The second-order valence-electron chi connectivity index (χ2n) is 7.98. The molecule has 1 aliphatic heterocycles. The van der Waals surface area contributed by atoms with Gasteiger partial charge in [-0.1, -0.05) is 24.3 Å². The summed E-state index contributed by atoms with van der Waals surface area (Å²) in [4.78, 5) is 19.9. The SMILES string of the molecule is O=C1c2ccccc2CCC12CCN(Cc1cnc(C3CC3)o1)CC2. The van der Waals surface area contributed by atoms with Crippen molar-refractivity contribution >= 4 is 5.78 Å². The number of carbonyl (C=O) groups excluding carboxylic acids is 1. The molecule has 0 unspecified atom stereocenters. The number of likely N-dealkylation sites (tertiary alicyclic amines) is 1. The summed E-state index contributed by atoms with van der Waals surface area (Å²) in [6.45, 7) is 2.75. The Kier molecular flexibility index (Phi) is 3.56. The summed E-state index contributed by atoms with van der Waals surface area (Å²) in [7, 11) is 0. The number of aromatic nitrogens is 1. The number of rotatable bonds is 3. The van der Waals surface area contributed by atoms with Gasteiger partial charge in [0.05, 0.1) is 12.7 Å². The molecule has 0 amide bonds. The van der Waals surface area contributed by atoms with Crippen molar-refractivity contribution in [2.24, 2.45) is 5.41 Å². The maximum atomic E-state index is 13.1. The molecule has 3 aliphatic rings. The molecule has 0 atom stereocenters. The molecule has 1 aromatic carbocycles. The van der Waals surface area contributed by atoms with Crippen LogP contribution in [0.2, 0.25) is 0 Å². The molecule has 4 heteroatoms. The van der Waals surface area contributed by atoms with Crippen LogP contribution in [0.1, 0.15) is 65.6 Å². The van der Waals surface area contributed by atoms with E-state index in [1.165, 1.54) is 18.4 Å². The molecule has 1 spiro atoms. The fourth-order valence-corrected chi connectivity index (χ4v) is 4.48. The number of oxazole rings is 1. The Morgan fingerprint density at radius 1 is 1.16 bits per heavy atom. The van der Waals surface area contributed by atoms with Crippen LogP contribution in [0.3, 0.4) is 0 Å². The third-order valence-corrected chi connectivity index (χ3v) is 6.31. The van der Waals surface area contributed by atoms with Crippen LogP contribution in [0.5, 0.6) is 0 Å². The van der Waals surface area contributed by atoms with Crippen molar-refractivity contribution in [1.29, 1.82) is 0 Å². The lowest BCUT2D eigenvalue weighted by molar-refractivity contribution is 0.0517. The Hall–Kier alpha value is -1.94. The van der Waals surface area contributed by atoms with E-state index in [0.29, 0.717) is 11.7 Å². The van der Waals surface area contributed by atoms with Gasteiger partial charge in [-0.05, 0) is 57.2 Å².